The Morgan fingerprint density at radius 3 is 2.05 bits per heavy atom. The van der Waals surface area contributed by atoms with E-state index >= 15 is 0 Å². The van der Waals surface area contributed by atoms with Gasteiger partial charge in [-0.05, 0) is 60.1 Å². The van der Waals surface area contributed by atoms with E-state index in [1.165, 1.54) is 0 Å². The van der Waals surface area contributed by atoms with Crippen molar-refractivity contribution in [2.24, 2.45) is 5.92 Å². The summed E-state index contributed by atoms with van der Waals surface area (Å²) in [7, 11) is 0. The van der Waals surface area contributed by atoms with Crippen LogP contribution in [0.4, 0.5) is 30.7 Å². The predicted octanol–water partition coefficient (Wildman–Crippen LogP) is 9.00. The second-order valence-corrected chi connectivity index (χ2v) is 9.23. The second kappa shape index (κ2) is 11.6. The fraction of sp³-hybridized carbons (Fsp3) is 0.310. The van der Waals surface area contributed by atoms with Gasteiger partial charge < -0.3 is 9.47 Å². The largest absolute Gasteiger partial charge is 0.429 e. The van der Waals surface area contributed by atoms with Gasteiger partial charge in [-0.25, -0.2) is 22.0 Å². The standard InChI is InChI=1S/C29H25F7O2/c1-2-3-17-4-9-27(37-16-17)19-7-5-18(6-8-19)20-12-23(30)22(24(31)13-20)10-11-29(35,36)38-21-14-25(32)28(34)26(33)15-21/h5-8,10-15,17,27H,2-4,9,16H2,1H3. The maximum absolute atomic E-state index is 14.7. The number of halogens is 7. The lowest BCUT2D eigenvalue weighted by Gasteiger charge is -2.29. The number of alkyl halides is 2. The van der Waals surface area contributed by atoms with Crippen LogP contribution < -0.4 is 4.74 Å². The Balaban J connectivity index is 1.46. The Morgan fingerprint density at radius 2 is 1.50 bits per heavy atom. The molecule has 38 heavy (non-hydrogen) atoms. The van der Waals surface area contributed by atoms with E-state index in [4.69, 9.17) is 4.74 Å². The fourth-order valence-corrected chi connectivity index (χ4v) is 4.47. The summed E-state index contributed by atoms with van der Waals surface area (Å²) in [5, 5.41) is 0. The van der Waals surface area contributed by atoms with Gasteiger partial charge >= 0.3 is 6.11 Å². The molecule has 9 heteroatoms. The average Bonchev–Trinajstić information content (AvgIpc) is 2.87. The normalized spacial score (nSPS) is 18.2. The van der Waals surface area contributed by atoms with Crippen LogP contribution in [0, 0.1) is 35.0 Å². The molecule has 202 valence electrons. The van der Waals surface area contributed by atoms with Crippen molar-refractivity contribution in [3.63, 3.8) is 0 Å². The van der Waals surface area contributed by atoms with Crippen molar-refractivity contribution in [2.45, 2.75) is 44.8 Å². The Bertz CT molecular complexity index is 1250. The van der Waals surface area contributed by atoms with Crippen LogP contribution in [0.3, 0.4) is 0 Å². The predicted molar refractivity (Wildman–Crippen MR) is 129 cm³/mol. The van der Waals surface area contributed by atoms with Gasteiger partial charge in [-0.1, -0.05) is 37.6 Å². The monoisotopic (exact) mass is 538 g/mol. The number of rotatable bonds is 8. The molecule has 2 atom stereocenters. The van der Waals surface area contributed by atoms with E-state index in [0.717, 1.165) is 43.4 Å². The molecule has 1 aliphatic rings. The molecular weight excluding hydrogens is 513 g/mol. The Kier molecular flexibility index (Phi) is 8.45. The van der Waals surface area contributed by atoms with Crippen molar-refractivity contribution in [1.29, 1.82) is 0 Å². The van der Waals surface area contributed by atoms with Crippen LogP contribution in [0.5, 0.6) is 5.75 Å². The molecule has 0 N–H and O–H groups in total. The van der Waals surface area contributed by atoms with Crippen LogP contribution in [-0.2, 0) is 4.74 Å². The molecule has 0 spiro atoms. The molecule has 0 radical (unpaired) electrons. The molecule has 1 heterocycles. The highest BCUT2D eigenvalue weighted by atomic mass is 19.3. The zero-order valence-corrected chi connectivity index (χ0v) is 20.4. The minimum Gasteiger partial charge on any atom is -0.429 e. The van der Waals surface area contributed by atoms with Gasteiger partial charge in [-0.3, -0.25) is 0 Å². The van der Waals surface area contributed by atoms with Gasteiger partial charge in [0.25, 0.3) is 0 Å². The molecule has 4 rings (SSSR count). The zero-order chi connectivity index (χ0) is 27.4. The minimum absolute atomic E-state index is 0.0252. The summed E-state index contributed by atoms with van der Waals surface area (Å²) in [6, 6.07) is 9.57. The molecule has 0 saturated carbocycles. The summed E-state index contributed by atoms with van der Waals surface area (Å²) < 4.78 is 107. The minimum atomic E-state index is -4.21. The lowest BCUT2D eigenvalue weighted by molar-refractivity contribution is -0.131. The molecule has 2 unspecified atom stereocenters. The highest BCUT2D eigenvalue weighted by Crippen LogP contribution is 2.34. The van der Waals surface area contributed by atoms with E-state index in [1.54, 1.807) is 12.1 Å². The summed E-state index contributed by atoms with van der Waals surface area (Å²) in [5.74, 6) is -7.96. The molecule has 2 nitrogen and oxygen atoms in total. The average molecular weight is 539 g/mol. The van der Waals surface area contributed by atoms with E-state index in [2.05, 4.69) is 11.7 Å². The number of hydrogen-bond acceptors (Lipinski definition) is 2. The van der Waals surface area contributed by atoms with E-state index in [1.807, 2.05) is 12.1 Å². The van der Waals surface area contributed by atoms with Gasteiger partial charge in [0.15, 0.2) is 17.5 Å². The first-order chi connectivity index (χ1) is 18.1. The summed E-state index contributed by atoms with van der Waals surface area (Å²) in [6.45, 7) is 2.85. The van der Waals surface area contributed by atoms with Crippen molar-refractivity contribution in [2.75, 3.05) is 6.61 Å². The third-order valence-electron chi connectivity index (χ3n) is 6.42. The molecule has 0 aromatic heterocycles. The molecule has 1 saturated heterocycles. The molecular formula is C29H25F7O2. The maximum Gasteiger partial charge on any atom is 0.419 e. The highest BCUT2D eigenvalue weighted by molar-refractivity contribution is 5.67. The van der Waals surface area contributed by atoms with Crippen molar-refractivity contribution in [3.05, 3.63) is 94.8 Å². The van der Waals surface area contributed by atoms with Crippen molar-refractivity contribution in [3.8, 4) is 16.9 Å². The lowest BCUT2D eigenvalue weighted by atomic mass is 9.91. The number of benzene rings is 3. The van der Waals surface area contributed by atoms with Crippen LogP contribution in [0.1, 0.15) is 49.8 Å². The summed E-state index contributed by atoms with van der Waals surface area (Å²) in [6.07, 6.45) is 0.460. The summed E-state index contributed by atoms with van der Waals surface area (Å²) >= 11 is 0. The Labute approximate surface area is 215 Å². The van der Waals surface area contributed by atoms with E-state index in [9.17, 15) is 30.7 Å². The molecule has 3 aromatic carbocycles. The first kappa shape index (κ1) is 27.7. The van der Waals surface area contributed by atoms with E-state index < -0.39 is 46.5 Å². The van der Waals surface area contributed by atoms with Crippen LogP contribution in [0.15, 0.2) is 54.6 Å². The quantitative estimate of drug-likeness (QED) is 0.211. The first-order valence-electron chi connectivity index (χ1n) is 12.2. The van der Waals surface area contributed by atoms with Crippen molar-refractivity contribution >= 4 is 6.08 Å². The van der Waals surface area contributed by atoms with Gasteiger partial charge in [0.2, 0.25) is 0 Å². The lowest BCUT2D eigenvalue weighted by Crippen LogP contribution is -2.21. The highest BCUT2D eigenvalue weighted by Gasteiger charge is 2.29. The van der Waals surface area contributed by atoms with Gasteiger partial charge in [0.1, 0.15) is 17.4 Å². The Hall–Kier alpha value is -3.33. The van der Waals surface area contributed by atoms with Crippen LogP contribution in [0.25, 0.3) is 17.2 Å². The van der Waals surface area contributed by atoms with Crippen molar-refractivity contribution in [1.82, 2.24) is 0 Å². The summed E-state index contributed by atoms with van der Waals surface area (Å²) in [5.41, 5.74) is 0.932. The van der Waals surface area contributed by atoms with Gasteiger partial charge in [0, 0.05) is 23.8 Å². The van der Waals surface area contributed by atoms with Crippen LogP contribution in [-0.4, -0.2) is 12.7 Å². The molecule has 0 aliphatic carbocycles. The topological polar surface area (TPSA) is 18.5 Å². The molecule has 0 amide bonds. The second-order valence-electron chi connectivity index (χ2n) is 9.23. The Morgan fingerprint density at radius 1 is 0.868 bits per heavy atom. The fourth-order valence-electron chi connectivity index (χ4n) is 4.47. The van der Waals surface area contributed by atoms with Crippen LogP contribution >= 0.6 is 0 Å². The first-order valence-corrected chi connectivity index (χ1v) is 12.2. The SMILES string of the molecule is CCCC1CCC(c2ccc(-c3cc(F)c(C=CC(F)(F)Oc4cc(F)c(F)c(F)c4)c(F)c3)cc2)OC1. The number of hydrogen-bond donors (Lipinski definition) is 0. The van der Waals surface area contributed by atoms with Gasteiger partial charge in [-0.15, -0.1) is 0 Å². The molecule has 0 bridgehead atoms. The van der Waals surface area contributed by atoms with Crippen LogP contribution in [0.2, 0.25) is 0 Å². The molecule has 1 aliphatic heterocycles. The zero-order valence-electron chi connectivity index (χ0n) is 20.4. The molecule has 3 aromatic rings. The van der Waals surface area contributed by atoms with E-state index in [-0.39, 0.29) is 29.9 Å². The molecule has 1 fully saturated rings. The van der Waals surface area contributed by atoms with Gasteiger partial charge in [-0.2, -0.15) is 8.78 Å². The number of ether oxygens (including phenoxy) is 2. The van der Waals surface area contributed by atoms with Gasteiger partial charge in [0.05, 0.1) is 12.7 Å². The third-order valence-corrected chi connectivity index (χ3v) is 6.42. The van der Waals surface area contributed by atoms with Crippen molar-refractivity contribution < 1.29 is 40.2 Å². The maximum atomic E-state index is 14.7. The van der Waals surface area contributed by atoms with E-state index in [0.29, 0.717) is 24.2 Å². The third kappa shape index (κ3) is 6.56. The smallest absolute Gasteiger partial charge is 0.419 e. The summed E-state index contributed by atoms with van der Waals surface area (Å²) in [4.78, 5) is 0.